The van der Waals surface area contributed by atoms with Crippen molar-refractivity contribution in [2.24, 2.45) is 0 Å². The summed E-state index contributed by atoms with van der Waals surface area (Å²) >= 11 is 2.15. The van der Waals surface area contributed by atoms with Gasteiger partial charge in [-0.1, -0.05) is 24.3 Å². The van der Waals surface area contributed by atoms with Crippen molar-refractivity contribution in [1.29, 1.82) is 0 Å². The van der Waals surface area contributed by atoms with Crippen LogP contribution in [0, 0.1) is 3.57 Å². The molecule has 0 aliphatic heterocycles. The first-order valence-electron chi connectivity index (χ1n) is 6.51. The molecule has 0 fully saturated rings. The summed E-state index contributed by atoms with van der Waals surface area (Å²) in [5.41, 5.74) is 1.54. The Labute approximate surface area is 142 Å². The van der Waals surface area contributed by atoms with Gasteiger partial charge in [0.25, 0.3) is 0 Å². The van der Waals surface area contributed by atoms with Crippen LogP contribution >= 0.6 is 22.6 Å². The van der Waals surface area contributed by atoms with Crippen LogP contribution < -0.4 is 10.2 Å². The molecule has 6 heteroatoms. The molecule has 2 amide bonds. The van der Waals surface area contributed by atoms with E-state index in [1.54, 1.807) is 31.3 Å². The summed E-state index contributed by atoms with van der Waals surface area (Å²) in [5.74, 6) is -0.482. The predicted molar refractivity (Wildman–Crippen MR) is 94.4 cm³/mol. The number of para-hydroxylation sites is 2. The second-order valence-electron chi connectivity index (χ2n) is 4.48. The van der Waals surface area contributed by atoms with Gasteiger partial charge in [-0.2, -0.15) is 0 Å². The molecule has 2 aromatic carbocycles. The number of anilines is 2. The van der Waals surface area contributed by atoms with Crippen molar-refractivity contribution in [3.8, 4) is 0 Å². The fraction of sp³-hybridized carbons (Fsp3) is 0.125. The van der Waals surface area contributed by atoms with Gasteiger partial charge in [0.15, 0.2) is 0 Å². The Bertz CT molecular complexity index is 703. The van der Waals surface area contributed by atoms with E-state index in [1.165, 1.54) is 12.0 Å². The molecular formula is C16H15IN2O3. The number of carbonyl (C=O) groups excluding carboxylic acids is 2. The third kappa shape index (κ3) is 3.56. The van der Waals surface area contributed by atoms with Crippen molar-refractivity contribution in [1.82, 2.24) is 0 Å². The van der Waals surface area contributed by atoms with Crippen LogP contribution in [0.1, 0.15) is 10.4 Å². The molecule has 0 atom stereocenters. The molecule has 0 aromatic heterocycles. The standard InChI is InChI=1S/C16H15IN2O3/c1-19(14-10-6-3-7-11(14)15(20)22-2)16(21)18-13-9-5-4-8-12(13)17/h3-10H,1-2H3,(H,18,21). The van der Waals surface area contributed by atoms with Crippen LogP contribution in [-0.2, 0) is 4.74 Å². The molecule has 5 nitrogen and oxygen atoms in total. The van der Waals surface area contributed by atoms with Gasteiger partial charge in [0.05, 0.1) is 24.0 Å². The zero-order valence-corrected chi connectivity index (χ0v) is 14.3. The van der Waals surface area contributed by atoms with Crippen LogP contribution in [0.3, 0.4) is 0 Å². The van der Waals surface area contributed by atoms with E-state index in [9.17, 15) is 9.59 Å². The Hall–Kier alpha value is -2.09. The molecule has 2 aromatic rings. The summed E-state index contributed by atoms with van der Waals surface area (Å²) in [5, 5.41) is 2.82. The van der Waals surface area contributed by atoms with Crippen molar-refractivity contribution in [3.05, 3.63) is 57.7 Å². The molecule has 114 valence electrons. The van der Waals surface area contributed by atoms with E-state index in [2.05, 4.69) is 27.9 Å². The number of nitrogens with one attached hydrogen (secondary N) is 1. The van der Waals surface area contributed by atoms with Crippen molar-refractivity contribution < 1.29 is 14.3 Å². The second kappa shape index (κ2) is 7.26. The number of benzene rings is 2. The van der Waals surface area contributed by atoms with Gasteiger partial charge < -0.3 is 10.1 Å². The lowest BCUT2D eigenvalue weighted by Crippen LogP contribution is -2.32. The van der Waals surface area contributed by atoms with Crippen LogP contribution in [0.15, 0.2) is 48.5 Å². The Kier molecular flexibility index (Phi) is 5.37. The van der Waals surface area contributed by atoms with Gasteiger partial charge in [-0.3, -0.25) is 4.90 Å². The molecule has 0 aliphatic carbocycles. The van der Waals surface area contributed by atoms with Gasteiger partial charge in [0.1, 0.15) is 0 Å². The Morgan fingerprint density at radius 2 is 1.73 bits per heavy atom. The lowest BCUT2D eigenvalue weighted by atomic mass is 10.1. The fourth-order valence-electron chi connectivity index (χ4n) is 1.92. The van der Waals surface area contributed by atoms with E-state index in [4.69, 9.17) is 4.74 Å². The largest absolute Gasteiger partial charge is 0.465 e. The van der Waals surface area contributed by atoms with Crippen LogP contribution in [0.4, 0.5) is 16.2 Å². The Morgan fingerprint density at radius 1 is 1.09 bits per heavy atom. The lowest BCUT2D eigenvalue weighted by Gasteiger charge is -2.20. The van der Waals surface area contributed by atoms with E-state index in [0.29, 0.717) is 11.3 Å². The number of nitrogens with zero attached hydrogens (tertiary/aromatic N) is 1. The summed E-state index contributed by atoms with van der Waals surface area (Å²) < 4.78 is 5.68. The summed E-state index contributed by atoms with van der Waals surface area (Å²) in [6, 6.07) is 13.9. The van der Waals surface area contributed by atoms with Gasteiger partial charge in [-0.05, 0) is 46.9 Å². The first-order chi connectivity index (χ1) is 10.5. The van der Waals surface area contributed by atoms with Crippen molar-refractivity contribution in [3.63, 3.8) is 0 Å². The number of hydrogen-bond acceptors (Lipinski definition) is 3. The zero-order chi connectivity index (χ0) is 16.1. The molecule has 0 saturated heterocycles. The van der Waals surface area contributed by atoms with Crippen molar-refractivity contribution >= 4 is 46.0 Å². The van der Waals surface area contributed by atoms with E-state index >= 15 is 0 Å². The number of hydrogen-bond donors (Lipinski definition) is 1. The van der Waals surface area contributed by atoms with Gasteiger partial charge in [-0.25, -0.2) is 9.59 Å². The average molecular weight is 410 g/mol. The first kappa shape index (κ1) is 16.3. The Balaban J connectivity index is 2.25. The first-order valence-corrected chi connectivity index (χ1v) is 7.59. The minimum Gasteiger partial charge on any atom is -0.465 e. The van der Waals surface area contributed by atoms with E-state index < -0.39 is 5.97 Å². The third-order valence-corrected chi connectivity index (χ3v) is 4.03. The highest BCUT2D eigenvalue weighted by molar-refractivity contribution is 14.1. The molecule has 1 N–H and O–H groups in total. The van der Waals surface area contributed by atoms with Crippen molar-refractivity contribution in [2.75, 3.05) is 24.4 Å². The van der Waals surface area contributed by atoms with Gasteiger partial charge in [-0.15, -0.1) is 0 Å². The summed E-state index contributed by atoms with van der Waals surface area (Å²) in [6.45, 7) is 0. The lowest BCUT2D eigenvalue weighted by molar-refractivity contribution is 0.0601. The minimum atomic E-state index is -0.482. The quantitative estimate of drug-likeness (QED) is 0.620. The maximum atomic E-state index is 12.4. The summed E-state index contributed by atoms with van der Waals surface area (Å²) in [7, 11) is 2.92. The molecular weight excluding hydrogens is 395 g/mol. The third-order valence-electron chi connectivity index (χ3n) is 3.09. The average Bonchev–Trinajstić information content (AvgIpc) is 2.55. The highest BCUT2D eigenvalue weighted by Crippen LogP contribution is 2.22. The highest BCUT2D eigenvalue weighted by Gasteiger charge is 2.19. The molecule has 0 aliphatic rings. The van der Waals surface area contributed by atoms with E-state index in [-0.39, 0.29) is 6.03 Å². The monoisotopic (exact) mass is 410 g/mol. The molecule has 0 bridgehead atoms. The normalized spacial score (nSPS) is 9.95. The number of esters is 1. The van der Waals surface area contributed by atoms with Gasteiger partial charge >= 0.3 is 12.0 Å². The maximum Gasteiger partial charge on any atom is 0.339 e. The molecule has 2 rings (SSSR count). The number of halogens is 1. The molecule has 0 saturated carbocycles. The minimum absolute atomic E-state index is 0.333. The van der Waals surface area contributed by atoms with Gasteiger partial charge in [0.2, 0.25) is 0 Å². The van der Waals surface area contributed by atoms with Crippen molar-refractivity contribution in [2.45, 2.75) is 0 Å². The number of rotatable bonds is 3. The molecule has 0 spiro atoms. The number of urea groups is 1. The number of amides is 2. The summed E-state index contributed by atoms with van der Waals surface area (Å²) in [6.07, 6.45) is 0. The van der Waals surface area contributed by atoms with Crippen LogP contribution in [0.5, 0.6) is 0 Å². The van der Waals surface area contributed by atoms with Crippen LogP contribution in [-0.4, -0.2) is 26.2 Å². The smallest absolute Gasteiger partial charge is 0.339 e. The number of ether oxygens (including phenoxy) is 1. The molecule has 0 unspecified atom stereocenters. The predicted octanol–water partition coefficient (Wildman–Crippen LogP) is 3.75. The molecule has 0 heterocycles. The van der Waals surface area contributed by atoms with E-state index in [1.807, 2.05) is 24.3 Å². The molecule has 22 heavy (non-hydrogen) atoms. The second-order valence-corrected chi connectivity index (χ2v) is 5.64. The SMILES string of the molecule is COC(=O)c1ccccc1N(C)C(=O)Nc1ccccc1I. The van der Waals surface area contributed by atoms with Crippen LogP contribution in [0.2, 0.25) is 0 Å². The van der Waals surface area contributed by atoms with Crippen LogP contribution in [0.25, 0.3) is 0 Å². The number of carbonyl (C=O) groups is 2. The topological polar surface area (TPSA) is 58.6 Å². The Morgan fingerprint density at radius 3 is 2.41 bits per heavy atom. The summed E-state index contributed by atoms with van der Waals surface area (Å²) in [4.78, 5) is 25.6. The fourth-order valence-corrected chi connectivity index (χ4v) is 2.44. The molecule has 0 radical (unpaired) electrons. The van der Waals surface area contributed by atoms with E-state index in [0.717, 1.165) is 9.26 Å². The number of methoxy groups -OCH3 is 1. The highest BCUT2D eigenvalue weighted by atomic mass is 127. The van der Waals surface area contributed by atoms with Gasteiger partial charge in [0, 0.05) is 10.6 Å². The maximum absolute atomic E-state index is 12.4. The zero-order valence-electron chi connectivity index (χ0n) is 12.2.